The normalized spacial score (nSPS) is 11.1. The number of amides is 4. The first kappa shape index (κ1) is 20.6. The van der Waals surface area contributed by atoms with Gasteiger partial charge in [-0.3, -0.25) is 19.7 Å². The fraction of sp³-hybridized carbons (Fsp3) is 0.200. The third kappa shape index (κ3) is 5.94. The van der Waals surface area contributed by atoms with Crippen molar-refractivity contribution in [1.82, 2.24) is 16.0 Å². The standard InChI is InChI=1S/C20H21N3O5/c1-13-7-6-10-15(11-13)18(25)22-12-16(24)28-17(14-8-4-3-5-9-14)19(26)23-20(27)21-2/h3-11,17H,12H2,1-2H3,(H,22,25)(H2,21,23,26,27)/t17-/m0/s1. The zero-order valence-electron chi connectivity index (χ0n) is 15.5. The van der Waals surface area contributed by atoms with Crippen molar-refractivity contribution in [1.29, 1.82) is 0 Å². The first-order chi connectivity index (χ1) is 13.4. The molecule has 2 rings (SSSR count). The van der Waals surface area contributed by atoms with Gasteiger partial charge in [-0.1, -0.05) is 48.0 Å². The minimum Gasteiger partial charge on any atom is -0.446 e. The number of hydrogen-bond acceptors (Lipinski definition) is 5. The van der Waals surface area contributed by atoms with Crippen LogP contribution in [0.2, 0.25) is 0 Å². The molecule has 0 bridgehead atoms. The summed E-state index contributed by atoms with van der Waals surface area (Å²) < 4.78 is 5.21. The van der Waals surface area contributed by atoms with Crippen LogP contribution in [-0.4, -0.2) is 37.4 Å². The minimum atomic E-state index is -1.33. The van der Waals surface area contributed by atoms with Gasteiger partial charge in [-0.25, -0.2) is 4.79 Å². The number of carbonyl (C=O) groups is 4. The molecule has 0 saturated heterocycles. The number of esters is 1. The van der Waals surface area contributed by atoms with E-state index in [9.17, 15) is 19.2 Å². The molecule has 0 aliphatic carbocycles. The highest BCUT2D eigenvalue weighted by Gasteiger charge is 2.26. The third-order valence-corrected chi connectivity index (χ3v) is 3.73. The Labute approximate surface area is 162 Å². The summed E-state index contributed by atoms with van der Waals surface area (Å²) in [5.74, 6) is -2.06. The predicted molar refractivity (Wildman–Crippen MR) is 101 cm³/mol. The lowest BCUT2D eigenvalue weighted by molar-refractivity contribution is -0.155. The van der Waals surface area contributed by atoms with Gasteiger partial charge in [-0.15, -0.1) is 0 Å². The zero-order chi connectivity index (χ0) is 20.5. The van der Waals surface area contributed by atoms with Gasteiger partial charge in [0.25, 0.3) is 11.8 Å². The first-order valence-electron chi connectivity index (χ1n) is 8.52. The van der Waals surface area contributed by atoms with Crippen molar-refractivity contribution in [2.75, 3.05) is 13.6 Å². The lowest BCUT2D eigenvalue weighted by Gasteiger charge is -2.17. The summed E-state index contributed by atoms with van der Waals surface area (Å²) in [5, 5.41) is 6.78. The molecule has 146 valence electrons. The van der Waals surface area contributed by atoms with E-state index in [2.05, 4.69) is 16.0 Å². The Balaban J connectivity index is 2.02. The smallest absolute Gasteiger partial charge is 0.326 e. The zero-order valence-corrected chi connectivity index (χ0v) is 15.5. The highest BCUT2D eigenvalue weighted by Crippen LogP contribution is 2.17. The number of hydrogen-bond donors (Lipinski definition) is 3. The quantitative estimate of drug-likeness (QED) is 0.654. The largest absolute Gasteiger partial charge is 0.446 e. The van der Waals surface area contributed by atoms with Gasteiger partial charge in [0, 0.05) is 18.2 Å². The van der Waals surface area contributed by atoms with Crippen molar-refractivity contribution in [3.05, 3.63) is 71.3 Å². The van der Waals surface area contributed by atoms with Gasteiger partial charge in [0.2, 0.25) is 6.10 Å². The summed E-state index contributed by atoms with van der Waals surface area (Å²) in [5.41, 5.74) is 1.71. The lowest BCUT2D eigenvalue weighted by Crippen LogP contribution is -2.42. The SMILES string of the molecule is CNC(=O)NC(=O)[C@@H](OC(=O)CNC(=O)c1cccc(C)c1)c1ccccc1. The van der Waals surface area contributed by atoms with Crippen LogP contribution < -0.4 is 16.0 Å². The average Bonchev–Trinajstić information content (AvgIpc) is 2.70. The van der Waals surface area contributed by atoms with E-state index in [0.717, 1.165) is 5.56 Å². The molecular weight excluding hydrogens is 362 g/mol. The average molecular weight is 383 g/mol. The van der Waals surface area contributed by atoms with Crippen molar-refractivity contribution in [3.8, 4) is 0 Å². The number of carbonyl (C=O) groups excluding carboxylic acids is 4. The van der Waals surface area contributed by atoms with Crippen LogP contribution in [0.5, 0.6) is 0 Å². The molecule has 0 fully saturated rings. The summed E-state index contributed by atoms with van der Waals surface area (Å²) in [7, 11) is 1.35. The summed E-state index contributed by atoms with van der Waals surface area (Å²) >= 11 is 0. The molecule has 3 N–H and O–H groups in total. The summed E-state index contributed by atoms with van der Waals surface area (Å²) in [6.45, 7) is 1.42. The van der Waals surface area contributed by atoms with Crippen molar-refractivity contribution < 1.29 is 23.9 Å². The molecule has 0 saturated carbocycles. The van der Waals surface area contributed by atoms with E-state index in [1.54, 1.807) is 48.5 Å². The molecular formula is C20H21N3O5. The second-order valence-corrected chi connectivity index (χ2v) is 5.90. The number of nitrogens with one attached hydrogen (secondary N) is 3. The number of ether oxygens (including phenoxy) is 1. The van der Waals surface area contributed by atoms with Crippen LogP contribution in [0.4, 0.5) is 4.79 Å². The van der Waals surface area contributed by atoms with Crippen LogP contribution in [0.1, 0.15) is 27.6 Å². The fourth-order valence-electron chi connectivity index (χ4n) is 2.35. The Hall–Kier alpha value is -3.68. The maximum Gasteiger partial charge on any atom is 0.326 e. The second-order valence-electron chi connectivity index (χ2n) is 5.90. The summed E-state index contributed by atoms with van der Waals surface area (Å²) in [6, 6.07) is 14.4. The Bertz CT molecular complexity index is 867. The first-order valence-corrected chi connectivity index (χ1v) is 8.52. The molecule has 2 aromatic carbocycles. The van der Waals surface area contributed by atoms with Crippen molar-refractivity contribution in [3.63, 3.8) is 0 Å². The van der Waals surface area contributed by atoms with Crippen LogP contribution >= 0.6 is 0 Å². The van der Waals surface area contributed by atoms with E-state index in [1.165, 1.54) is 7.05 Å². The molecule has 0 heterocycles. The van der Waals surface area contributed by atoms with E-state index < -0.39 is 36.5 Å². The second kappa shape index (κ2) is 9.86. The van der Waals surface area contributed by atoms with Gasteiger partial charge >= 0.3 is 12.0 Å². The van der Waals surface area contributed by atoms with Crippen LogP contribution in [-0.2, 0) is 14.3 Å². The third-order valence-electron chi connectivity index (χ3n) is 3.73. The highest BCUT2D eigenvalue weighted by molar-refractivity contribution is 5.98. The number of benzene rings is 2. The Morgan fingerprint density at radius 1 is 1.00 bits per heavy atom. The Morgan fingerprint density at radius 3 is 2.36 bits per heavy atom. The van der Waals surface area contributed by atoms with Gasteiger partial charge in [0.05, 0.1) is 0 Å². The van der Waals surface area contributed by atoms with E-state index >= 15 is 0 Å². The number of urea groups is 1. The van der Waals surface area contributed by atoms with E-state index in [-0.39, 0.29) is 0 Å². The molecule has 1 atom stereocenters. The molecule has 8 heteroatoms. The van der Waals surface area contributed by atoms with Gasteiger partial charge < -0.3 is 15.4 Å². The molecule has 0 aliphatic heterocycles. The topological polar surface area (TPSA) is 114 Å². The van der Waals surface area contributed by atoms with Gasteiger partial charge in [-0.05, 0) is 19.1 Å². The molecule has 0 aliphatic rings. The van der Waals surface area contributed by atoms with Gasteiger partial charge in [0.1, 0.15) is 6.54 Å². The van der Waals surface area contributed by atoms with Crippen molar-refractivity contribution >= 4 is 23.8 Å². The number of imide groups is 1. The van der Waals surface area contributed by atoms with E-state index in [0.29, 0.717) is 11.1 Å². The van der Waals surface area contributed by atoms with Crippen LogP contribution in [0, 0.1) is 6.92 Å². The lowest BCUT2D eigenvalue weighted by atomic mass is 10.1. The molecule has 2 aromatic rings. The summed E-state index contributed by atoms with van der Waals surface area (Å²) in [4.78, 5) is 48.0. The Morgan fingerprint density at radius 2 is 1.71 bits per heavy atom. The molecule has 0 unspecified atom stereocenters. The number of rotatable bonds is 6. The highest BCUT2D eigenvalue weighted by atomic mass is 16.5. The van der Waals surface area contributed by atoms with Gasteiger partial charge in [0.15, 0.2) is 0 Å². The molecule has 0 spiro atoms. The monoisotopic (exact) mass is 383 g/mol. The van der Waals surface area contributed by atoms with Crippen LogP contribution in [0.15, 0.2) is 54.6 Å². The van der Waals surface area contributed by atoms with E-state index in [4.69, 9.17) is 4.74 Å². The maximum absolute atomic E-state index is 12.3. The van der Waals surface area contributed by atoms with Crippen molar-refractivity contribution in [2.45, 2.75) is 13.0 Å². The minimum absolute atomic E-state index is 0.391. The molecule has 0 radical (unpaired) electrons. The summed E-state index contributed by atoms with van der Waals surface area (Å²) in [6.07, 6.45) is -1.33. The van der Waals surface area contributed by atoms with Crippen LogP contribution in [0.3, 0.4) is 0 Å². The van der Waals surface area contributed by atoms with E-state index in [1.807, 2.05) is 13.0 Å². The van der Waals surface area contributed by atoms with Gasteiger partial charge in [-0.2, -0.15) is 0 Å². The molecule has 4 amide bonds. The molecule has 0 aromatic heterocycles. The molecule has 28 heavy (non-hydrogen) atoms. The fourth-order valence-corrected chi connectivity index (χ4v) is 2.35. The molecule has 8 nitrogen and oxygen atoms in total. The van der Waals surface area contributed by atoms with Crippen molar-refractivity contribution in [2.24, 2.45) is 0 Å². The van der Waals surface area contributed by atoms with Crippen LogP contribution in [0.25, 0.3) is 0 Å². The number of aryl methyl sites for hydroxylation is 1. The maximum atomic E-state index is 12.3. The Kier molecular flexibility index (Phi) is 7.27. The predicted octanol–water partition coefficient (Wildman–Crippen LogP) is 1.46.